The lowest BCUT2D eigenvalue weighted by molar-refractivity contribution is -0.122. The number of aromatic nitrogens is 2. The second-order valence-electron chi connectivity index (χ2n) is 5.26. The Hall–Kier alpha value is -1.17. The topological polar surface area (TPSA) is 72.1 Å². The van der Waals surface area contributed by atoms with Gasteiger partial charge in [-0.3, -0.25) is 4.79 Å². The molecule has 0 bridgehead atoms. The molecule has 0 aromatic carbocycles. The normalized spacial score (nSPS) is 24.6. The van der Waals surface area contributed by atoms with Crippen molar-refractivity contribution in [3.63, 3.8) is 0 Å². The molecule has 6 heteroatoms. The molecule has 2 N–H and O–H groups in total. The zero-order valence-electron chi connectivity index (χ0n) is 11.1. The van der Waals surface area contributed by atoms with E-state index in [1.54, 1.807) is 11.3 Å². The number of carbonyl (C=O) groups excluding carboxylic acids is 1. The summed E-state index contributed by atoms with van der Waals surface area (Å²) in [6.07, 6.45) is 1.85. The predicted octanol–water partition coefficient (Wildman–Crippen LogP) is 1.75. The monoisotopic (exact) mass is 268 g/mol. The number of rotatable bonds is 3. The second-order valence-corrected chi connectivity index (χ2v) is 6.24. The third kappa shape index (κ3) is 2.63. The standard InChI is InChI=1S/C12H20N4OS/c1-7(2)11-14-15-12(18-11)16-6-9(10(13)17)5-4-8(16)3/h7-9H,4-6H2,1-3H3,(H2,13,17)/t8-,9+/m0/s1. The second kappa shape index (κ2) is 5.22. The largest absolute Gasteiger partial charge is 0.369 e. The molecule has 1 saturated heterocycles. The lowest BCUT2D eigenvalue weighted by Crippen LogP contribution is -2.45. The van der Waals surface area contributed by atoms with E-state index in [0.717, 1.165) is 23.0 Å². The first-order valence-corrected chi connectivity index (χ1v) is 7.20. The van der Waals surface area contributed by atoms with Crippen molar-refractivity contribution in [1.29, 1.82) is 0 Å². The molecular formula is C12H20N4OS. The van der Waals surface area contributed by atoms with Crippen molar-refractivity contribution in [2.75, 3.05) is 11.4 Å². The average molecular weight is 268 g/mol. The fourth-order valence-electron chi connectivity index (χ4n) is 2.18. The fraction of sp³-hybridized carbons (Fsp3) is 0.750. The Labute approximate surface area is 111 Å². The third-order valence-corrected chi connectivity index (χ3v) is 4.71. The average Bonchev–Trinajstić information content (AvgIpc) is 2.78. The molecule has 18 heavy (non-hydrogen) atoms. The SMILES string of the molecule is CC(C)c1nnc(N2C[C@H](C(N)=O)CC[C@@H]2C)s1. The summed E-state index contributed by atoms with van der Waals surface area (Å²) >= 11 is 1.62. The minimum absolute atomic E-state index is 0.0624. The summed E-state index contributed by atoms with van der Waals surface area (Å²) < 4.78 is 0. The van der Waals surface area contributed by atoms with E-state index >= 15 is 0 Å². The minimum Gasteiger partial charge on any atom is -0.369 e. The van der Waals surface area contributed by atoms with Gasteiger partial charge >= 0.3 is 0 Å². The van der Waals surface area contributed by atoms with Crippen molar-refractivity contribution >= 4 is 22.4 Å². The van der Waals surface area contributed by atoms with Crippen LogP contribution in [-0.2, 0) is 4.79 Å². The number of hydrogen-bond acceptors (Lipinski definition) is 5. The molecule has 1 amide bonds. The van der Waals surface area contributed by atoms with E-state index < -0.39 is 0 Å². The quantitative estimate of drug-likeness (QED) is 0.906. The van der Waals surface area contributed by atoms with Crippen LogP contribution in [0.25, 0.3) is 0 Å². The maximum Gasteiger partial charge on any atom is 0.222 e. The summed E-state index contributed by atoms with van der Waals surface area (Å²) in [5.74, 6) is 0.122. The van der Waals surface area contributed by atoms with Crippen molar-refractivity contribution in [3.8, 4) is 0 Å². The number of amides is 1. The lowest BCUT2D eigenvalue weighted by Gasteiger charge is -2.36. The first kappa shape index (κ1) is 13.3. The number of carbonyl (C=O) groups is 1. The Kier molecular flexibility index (Phi) is 3.85. The van der Waals surface area contributed by atoms with Crippen LogP contribution in [0, 0.1) is 5.92 Å². The molecule has 0 saturated carbocycles. The zero-order valence-corrected chi connectivity index (χ0v) is 11.9. The number of piperidine rings is 1. The van der Waals surface area contributed by atoms with E-state index in [-0.39, 0.29) is 11.8 Å². The summed E-state index contributed by atoms with van der Waals surface area (Å²) in [6, 6.07) is 0.397. The van der Waals surface area contributed by atoms with Crippen LogP contribution < -0.4 is 10.6 Å². The van der Waals surface area contributed by atoms with Crippen molar-refractivity contribution in [2.45, 2.75) is 45.6 Å². The van der Waals surface area contributed by atoms with Crippen LogP contribution in [0.3, 0.4) is 0 Å². The van der Waals surface area contributed by atoms with Gasteiger partial charge in [0.1, 0.15) is 5.01 Å². The molecule has 0 spiro atoms. The van der Waals surface area contributed by atoms with Crippen LogP contribution in [-0.4, -0.2) is 28.7 Å². The van der Waals surface area contributed by atoms with Gasteiger partial charge in [-0.05, 0) is 19.8 Å². The maximum atomic E-state index is 11.3. The number of nitrogens with zero attached hydrogens (tertiary/aromatic N) is 3. The number of hydrogen-bond donors (Lipinski definition) is 1. The van der Waals surface area contributed by atoms with Gasteiger partial charge in [0.15, 0.2) is 0 Å². The summed E-state index contributed by atoms with van der Waals surface area (Å²) in [6.45, 7) is 7.04. The zero-order chi connectivity index (χ0) is 13.3. The molecule has 0 unspecified atom stereocenters. The predicted molar refractivity (Wildman–Crippen MR) is 72.7 cm³/mol. The smallest absolute Gasteiger partial charge is 0.222 e. The van der Waals surface area contributed by atoms with E-state index in [0.29, 0.717) is 18.5 Å². The highest BCUT2D eigenvalue weighted by molar-refractivity contribution is 7.15. The van der Waals surface area contributed by atoms with Crippen LogP contribution in [0.15, 0.2) is 0 Å². The molecule has 1 aliphatic rings. The number of primary amides is 1. The van der Waals surface area contributed by atoms with Gasteiger partial charge in [-0.25, -0.2) is 0 Å². The molecule has 100 valence electrons. The van der Waals surface area contributed by atoms with Crippen molar-refractivity contribution in [2.24, 2.45) is 11.7 Å². The van der Waals surface area contributed by atoms with Gasteiger partial charge in [0.25, 0.3) is 0 Å². The van der Waals surface area contributed by atoms with E-state index in [1.807, 2.05) is 0 Å². The van der Waals surface area contributed by atoms with Crippen LogP contribution in [0.2, 0.25) is 0 Å². The van der Waals surface area contributed by atoms with Crippen LogP contribution in [0.1, 0.15) is 44.5 Å². The number of anilines is 1. The van der Waals surface area contributed by atoms with Gasteiger partial charge in [0.05, 0.1) is 5.92 Å². The van der Waals surface area contributed by atoms with E-state index in [9.17, 15) is 4.79 Å². The minimum atomic E-state index is -0.208. The fourth-order valence-corrected chi connectivity index (χ4v) is 3.14. The Morgan fingerprint density at radius 2 is 2.17 bits per heavy atom. The van der Waals surface area contributed by atoms with Gasteiger partial charge < -0.3 is 10.6 Å². The first-order valence-electron chi connectivity index (χ1n) is 6.38. The molecule has 2 atom stereocenters. The van der Waals surface area contributed by atoms with Gasteiger partial charge in [0.2, 0.25) is 11.0 Å². The lowest BCUT2D eigenvalue weighted by atomic mass is 9.93. The molecule has 1 aliphatic heterocycles. The highest BCUT2D eigenvalue weighted by Crippen LogP contribution is 2.31. The van der Waals surface area contributed by atoms with Crippen LogP contribution >= 0.6 is 11.3 Å². The molecule has 2 heterocycles. The summed E-state index contributed by atoms with van der Waals surface area (Å²) in [5, 5.41) is 10.4. The van der Waals surface area contributed by atoms with E-state index in [2.05, 4.69) is 35.9 Å². The van der Waals surface area contributed by atoms with Crippen LogP contribution in [0.5, 0.6) is 0 Å². The summed E-state index contributed by atoms with van der Waals surface area (Å²) in [4.78, 5) is 13.5. The third-order valence-electron chi connectivity index (χ3n) is 3.45. The van der Waals surface area contributed by atoms with Gasteiger partial charge in [-0.15, -0.1) is 10.2 Å². The number of nitrogens with two attached hydrogens (primary N) is 1. The molecule has 0 radical (unpaired) electrons. The van der Waals surface area contributed by atoms with E-state index in [4.69, 9.17) is 5.73 Å². The van der Waals surface area contributed by atoms with Crippen LogP contribution in [0.4, 0.5) is 5.13 Å². The van der Waals surface area contributed by atoms with Gasteiger partial charge in [-0.1, -0.05) is 25.2 Å². The Morgan fingerprint density at radius 1 is 1.44 bits per heavy atom. The molecule has 1 aromatic heterocycles. The first-order chi connectivity index (χ1) is 8.49. The Morgan fingerprint density at radius 3 is 2.72 bits per heavy atom. The molecule has 1 aromatic rings. The highest BCUT2D eigenvalue weighted by atomic mass is 32.1. The van der Waals surface area contributed by atoms with Crippen molar-refractivity contribution in [3.05, 3.63) is 5.01 Å². The van der Waals surface area contributed by atoms with E-state index in [1.165, 1.54) is 0 Å². The molecule has 2 rings (SSSR count). The van der Waals surface area contributed by atoms with Gasteiger partial charge in [-0.2, -0.15) is 0 Å². The van der Waals surface area contributed by atoms with Crippen molar-refractivity contribution in [1.82, 2.24) is 10.2 Å². The molecule has 0 aliphatic carbocycles. The molecular weight excluding hydrogens is 248 g/mol. The summed E-state index contributed by atoms with van der Waals surface area (Å²) in [5.41, 5.74) is 5.41. The molecule has 5 nitrogen and oxygen atoms in total. The molecule has 1 fully saturated rings. The summed E-state index contributed by atoms with van der Waals surface area (Å²) in [7, 11) is 0. The Bertz CT molecular complexity index is 431. The van der Waals surface area contributed by atoms with Crippen molar-refractivity contribution < 1.29 is 4.79 Å². The highest BCUT2D eigenvalue weighted by Gasteiger charge is 2.30. The Balaban J connectivity index is 2.16. The van der Waals surface area contributed by atoms with Gasteiger partial charge in [0, 0.05) is 18.5 Å². The maximum absolute atomic E-state index is 11.3.